The smallest absolute Gasteiger partial charge is 0.414 e. The number of amides is 4. The van der Waals surface area contributed by atoms with Crippen molar-refractivity contribution in [3.05, 3.63) is 23.8 Å². The zero-order valence-corrected chi connectivity index (χ0v) is 14.7. The first-order valence-corrected chi connectivity index (χ1v) is 8.12. The lowest BCUT2D eigenvalue weighted by Gasteiger charge is -2.32. The predicted octanol–water partition coefficient (Wildman–Crippen LogP) is 1.98. The highest BCUT2D eigenvalue weighted by atomic mass is 16.6. The normalized spacial score (nSPS) is 13.6. The number of nitrogens with zero attached hydrogens (tertiary/aromatic N) is 1. The summed E-state index contributed by atoms with van der Waals surface area (Å²) < 4.78 is 5.45. The molecule has 0 aromatic heterocycles. The number of urea groups is 1. The number of fused-ring (bicyclic) bond motifs is 1. The number of nitrogens with two attached hydrogens (primary N) is 1. The summed E-state index contributed by atoms with van der Waals surface area (Å²) in [6.45, 7) is 6.03. The molecular formula is C17H24N4O4. The molecule has 2 rings (SSSR count). The number of carbonyl (C=O) groups is 3. The summed E-state index contributed by atoms with van der Waals surface area (Å²) in [5.74, 6) is -0.513. The molecule has 25 heavy (non-hydrogen) atoms. The Bertz CT molecular complexity index is 682. The summed E-state index contributed by atoms with van der Waals surface area (Å²) in [5.41, 5.74) is 6.88. The number of hydrogen-bond acceptors (Lipinski definition) is 5. The van der Waals surface area contributed by atoms with Gasteiger partial charge >= 0.3 is 12.1 Å². The van der Waals surface area contributed by atoms with E-state index in [9.17, 15) is 14.4 Å². The van der Waals surface area contributed by atoms with Crippen LogP contribution in [-0.4, -0.2) is 36.7 Å². The van der Waals surface area contributed by atoms with Crippen LogP contribution in [0.1, 0.15) is 32.8 Å². The van der Waals surface area contributed by atoms with Gasteiger partial charge < -0.3 is 15.8 Å². The summed E-state index contributed by atoms with van der Waals surface area (Å²) in [6.07, 6.45) is 1.30. The number of imide groups is 1. The molecule has 0 unspecified atom stereocenters. The zero-order valence-electron chi connectivity index (χ0n) is 14.7. The molecule has 4 N–H and O–H groups in total. The van der Waals surface area contributed by atoms with Gasteiger partial charge in [-0.1, -0.05) is 0 Å². The molecule has 136 valence electrons. The van der Waals surface area contributed by atoms with E-state index in [1.54, 1.807) is 11.0 Å². The second-order valence-electron chi connectivity index (χ2n) is 6.85. The SMILES string of the molecule is CC(C)(C)OC(=O)N1CCCc2cc(NCC(=O)NC(N)=O)ccc21. The molecule has 1 aliphatic heterocycles. The maximum atomic E-state index is 12.4. The fraction of sp³-hybridized carbons (Fsp3) is 0.471. The van der Waals surface area contributed by atoms with E-state index < -0.39 is 17.5 Å². The Balaban J connectivity index is 2.07. The lowest BCUT2D eigenvalue weighted by Crippen LogP contribution is -2.40. The van der Waals surface area contributed by atoms with Crippen LogP contribution < -0.4 is 21.3 Å². The molecule has 1 aliphatic rings. The van der Waals surface area contributed by atoms with Crippen molar-refractivity contribution < 1.29 is 19.1 Å². The summed E-state index contributed by atoms with van der Waals surface area (Å²) in [4.78, 5) is 36.1. The molecule has 0 saturated heterocycles. The van der Waals surface area contributed by atoms with Crippen molar-refractivity contribution in [3.63, 3.8) is 0 Å². The first-order chi connectivity index (χ1) is 11.7. The Morgan fingerprint density at radius 3 is 2.64 bits per heavy atom. The highest BCUT2D eigenvalue weighted by Crippen LogP contribution is 2.30. The summed E-state index contributed by atoms with van der Waals surface area (Å²) in [6, 6.07) is 4.61. The number of benzene rings is 1. The van der Waals surface area contributed by atoms with Gasteiger partial charge in [0, 0.05) is 12.2 Å². The first kappa shape index (κ1) is 18.6. The molecule has 0 atom stereocenters. The Morgan fingerprint density at radius 2 is 2.00 bits per heavy atom. The molecule has 0 bridgehead atoms. The number of carbonyl (C=O) groups excluding carboxylic acids is 3. The number of rotatable bonds is 3. The average Bonchev–Trinajstić information content (AvgIpc) is 2.49. The topological polar surface area (TPSA) is 114 Å². The van der Waals surface area contributed by atoms with E-state index in [1.165, 1.54) is 0 Å². The lowest BCUT2D eigenvalue weighted by molar-refractivity contribution is -0.118. The van der Waals surface area contributed by atoms with Crippen molar-refractivity contribution in [1.29, 1.82) is 0 Å². The molecule has 1 aromatic carbocycles. The number of aryl methyl sites for hydroxylation is 1. The lowest BCUT2D eigenvalue weighted by atomic mass is 10.0. The van der Waals surface area contributed by atoms with Crippen LogP contribution in [0.2, 0.25) is 0 Å². The fourth-order valence-electron chi connectivity index (χ4n) is 2.58. The van der Waals surface area contributed by atoms with Crippen LogP contribution in [0.5, 0.6) is 0 Å². The summed E-state index contributed by atoms with van der Waals surface area (Å²) in [7, 11) is 0. The van der Waals surface area contributed by atoms with Crippen LogP contribution in [0.25, 0.3) is 0 Å². The van der Waals surface area contributed by atoms with E-state index in [2.05, 4.69) is 5.32 Å². The van der Waals surface area contributed by atoms with Gasteiger partial charge in [-0.15, -0.1) is 0 Å². The number of ether oxygens (including phenoxy) is 1. The molecule has 0 spiro atoms. The third kappa shape index (κ3) is 5.37. The highest BCUT2D eigenvalue weighted by molar-refractivity contribution is 5.95. The van der Waals surface area contributed by atoms with Crippen LogP contribution in [0, 0.1) is 0 Å². The third-order valence-corrected chi connectivity index (χ3v) is 3.53. The standard InChI is InChI=1S/C17H24N4O4/c1-17(2,3)25-16(24)21-8-4-5-11-9-12(6-7-13(11)21)19-10-14(22)20-15(18)23/h6-7,9,19H,4-5,8,10H2,1-3H3,(H3,18,20,22,23). The highest BCUT2D eigenvalue weighted by Gasteiger charge is 2.27. The van der Waals surface area contributed by atoms with Gasteiger partial charge in [-0.2, -0.15) is 0 Å². The van der Waals surface area contributed by atoms with Crippen molar-refractivity contribution in [3.8, 4) is 0 Å². The van der Waals surface area contributed by atoms with Crippen molar-refractivity contribution >= 4 is 29.4 Å². The van der Waals surface area contributed by atoms with Gasteiger partial charge in [-0.05, 0) is 57.4 Å². The van der Waals surface area contributed by atoms with Gasteiger partial charge in [-0.3, -0.25) is 15.0 Å². The minimum Gasteiger partial charge on any atom is -0.443 e. The second-order valence-corrected chi connectivity index (χ2v) is 6.85. The van der Waals surface area contributed by atoms with E-state index in [4.69, 9.17) is 10.5 Å². The predicted molar refractivity (Wildman–Crippen MR) is 94.6 cm³/mol. The monoisotopic (exact) mass is 348 g/mol. The number of nitrogens with one attached hydrogen (secondary N) is 2. The van der Waals surface area contributed by atoms with Crippen LogP contribution in [-0.2, 0) is 16.0 Å². The molecule has 0 fully saturated rings. The van der Waals surface area contributed by atoms with E-state index in [1.807, 2.05) is 38.2 Å². The zero-order chi connectivity index (χ0) is 18.6. The maximum absolute atomic E-state index is 12.4. The number of hydrogen-bond donors (Lipinski definition) is 3. The first-order valence-electron chi connectivity index (χ1n) is 8.12. The maximum Gasteiger partial charge on any atom is 0.414 e. The molecule has 4 amide bonds. The summed E-state index contributed by atoms with van der Waals surface area (Å²) >= 11 is 0. The Hall–Kier alpha value is -2.77. The van der Waals surface area contributed by atoms with Crippen LogP contribution in [0.4, 0.5) is 21.0 Å². The van der Waals surface area contributed by atoms with Crippen molar-refractivity contribution in [2.45, 2.75) is 39.2 Å². The van der Waals surface area contributed by atoms with Crippen LogP contribution in [0.3, 0.4) is 0 Å². The van der Waals surface area contributed by atoms with Crippen LogP contribution >= 0.6 is 0 Å². The molecule has 0 saturated carbocycles. The molecular weight excluding hydrogens is 324 g/mol. The second kappa shape index (κ2) is 7.42. The van der Waals surface area contributed by atoms with Crippen molar-refractivity contribution in [2.24, 2.45) is 5.73 Å². The number of anilines is 2. The van der Waals surface area contributed by atoms with E-state index in [0.717, 1.165) is 29.8 Å². The van der Waals surface area contributed by atoms with Gasteiger partial charge in [0.25, 0.3) is 0 Å². The summed E-state index contributed by atoms with van der Waals surface area (Å²) in [5, 5.41) is 4.91. The molecule has 8 nitrogen and oxygen atoms in total. The molecule has 1 aromatic rings. The van der Waals surface area contributed by atoms with Gasteiger partial charge in [0.05, 0.1) is 12.2 Å². The molecule has 1 heterocycles. The van der Waals surface area contributed by atoms with E-state index in [-0.39, 0.29) is 12.6 Å². The Labute approximate surface area is 146 Å². The molecule has 8 heteroatoms. The van der Waals surface area contributed by atoms with Gasteiger partial charge in [-0.25, -0.2) is 9.59 Å². The third-order valence-electron chi connectivity index (χ3n) is 3.53. The quantitative estimate of drug-likeness (QED) is 0.773. The van der Waals surface area contributed by atoms with E-state index in [0.29, 0.717) is 6.54 Å². The molecule has 0 radical (unpaired) electrons. The fourth-order valence-corrected chi connectivity index (χ4v) is 2.58. The molecule has 0 aliphatic carbocycles. The van der Waals surface area contributed by atoms with Crippen molar-refractivity contribution in [1.82, 2.24) is 5.32 Å². The van der Waals surface area contributed by atoms with Gasteiger partial charge in [0.15, 0.2) is 0 Å². The Morgan fingerprint density at radius 1 is 1.28 bits per heavy atom. The minimum absolute atomic E-state index is 0.0719. The average molecular weight is 348 g/mol. The Kier molecular flexibility index (Phi) is 5.51. The van der Waals surface area contributed by atoms with Gasteiger partial charge in [0.1, 0.15) is 5.60 Å². The van der Waals surface area contributed by atoms with Gasteiger partial charge in [0.2, 0.25) is 5.91 Å². The van der Waals surface area contributed by atoms with Crippen molar-refractivity contribution in [2.75, 3.05) is 23.3 Å². The number of primary amides is 1. The van der Waals surface area contributed by atoms with Crippen LogP contribution in [0.15, 0.2) is 18.2 Å². The van der Waals surface area contributed by atoms with E-state index >= 15 is 0 Å². The minimum atomic E-state index is -0.884. The largest absolute Gasteiger partial charge is 0.443 e.